The number of hydrogen-bond acceptors (Lipinski definition) is 2. The first-order chi connectivity index (χ1) is 9.54. The minimum Gasteiger partial charge on any atom is -0.211 e. The monoisotopic (exact) mass is 353 g/mol. The fraction of sp³-hybridized carbons (Fsp3) is 0.333. The second-order valence-corrected chi connectivity index (χ2v) is 7.66. The molecule has 0 heterocycles. The van der Waals surface area contributed by atoms with E-state index in [1.165, 1.54) is 5.56 Å². The Labute approximate surface area is 127 Å². The summed E-state index contributed by atoms with van der Waals surface area (Å²) in [4.78, 5) is 0.426. The van der Waals surface area contributed by atoms with Crippen molar-refractivity contribution in [3.63, 3.8) is 0 Å². The molecule has 0 bridgehead atoms. The molecule has 3 nitrogen and oxygen atoms in total. The van der Waals surface area contributed by atoms with Gasteiger partial charge in [-0.2, -0.15) is 0 Å². The third-order valence-electron chi connectivity index (χ3n) is 3.74. The number of nitrogens with one attached hydrogen (secondary N) is 1. The molecular formula is C15H16BrNO2S. The van der Waals surface area contributed by atoms with Crippen molar-refractivity contribution in [3.05, 3.63) is 39.9 Å². The summed E-state index contributed by atoms with van der Waals surface area (Å²) in [5.74, 6) is 0. The molecule has 106 valence electrons. The van der Waals surface area contributed by atoms with E-state index < -0.39 is 10.0 Å². The van der Waals surface area contributed by atoms with E-state index in [1.54, 1.807) is 6.07 Å². The summed E-state index contributed by atoms with van der Waals surface area (Å²) in [6.45, 7) is 2.43. The Balaban J connectivity index is 2.26. The summed E-state index contributed by atoms with van der Waals surface area (Å²) < 4.78 is 28.4. The fourth-order valence-electron chi connectivity index (χ4n) is 2.83. The number of aryl methyl sites for hydroxylation is 2. The number of benzene rings is 2. The lowest BCUT2D eigenvalue weighted by Gasteiger charge is -2.12. The van der Waals surface area contributed by atoms with Gasteiger partial charge in [0.05, 0.1) is 4.90 Å². The third kappa shape index (κ3) is 2.18. The SMILES string of the molecule is CCCNS(=O)(=O)c1cc(Br)c2cccc3c2c1CC3. The molecule has 0 aliphatic heterocycles. The van der Waals surface area contributed by atoms with E-state index in [0.29, 0.717) is 11.4 Å². The smallest absolute Gasteiger partial charge is 0.211 e. The van der Waals surface area contributed by atoms with Gasteiger partial charge in [0.25, 0.3) is 0 Å². The van der Waals surface area contributed by atoms with Crippen LogP contribution in [-0.2, 0) is 22.9 Å². The summed E-state index contributed by atoms with van der Waals surface area (Å²) in [6, 6.07) is 7.89. The molecule has 20 heavy (non-hydrogen) atoms. The molecule has 0 unspecified atom stereocenters. The predicted octanol–water partition coefficient (Wildman–Crippen LogP) is 3.39. The normalized spacial score (nSPS) is 14.1. The molecule has 1 N–H and O–H groups in total. The maximum absolute atomic E-state index is 12.5. The molecule has 0 atom stereocenters. The standard InChI is InChI=1S/C15H16BrNO2S/c1-2-8-17-20(18,19)14-9-13(16)11-5-3-4-10-6-7-12(14)15(10)11/h3-5,9,17H,2,6-8H2,1H3. The predicted molar refractivity (Wildman–Crippen MR) is 84.5 cm³/mol. The molecule has 0 fully saturated rings. The van der Waals surface area contributed by atoms with Gasteiger partial charge in [-0.25, -0.2) is 13.1 Å². The highest BCUT2D eigenvalue weighted by Gasteiger charge is 2.25. The van der Waals surface area contributed by atoms with Gasteiger partial charge in [0, 0.05) is 11.0 Å². The van der Waals surface area contributed by atoms with Crippen molar-refractivity contribution in [2.75, 3.05) is 6.54 Å². The topological polar surface area (TPSA) is 46.2 Å². The fourth-order valence-corrected chi connectivity index (χ4v) is 4.97. The van der Waals surface area contributed by atoms with Crippen molar-refractivity contribution in [2.45, 2.75) is 31.1 Å². The summed E-state index contributed by atoms with van der Waals surface area (Å²) in [5.41, 5.74) is 2.20. The lowest BCUT2D eigenvalue weighted by Crippen LogP contribution is -2.25. The maximum atomic E-state index is 12.5. The third-order valence-corrected chi connectivity index (χ3v) is 5.92. The molecule has 2 aromatic rings. The molecule has 0 saturated carbocycles. The molecule has 0 spiro atoms. The molecule has 0 saturated heterocycles. The van der Waals surface area contributed by atoms with Gasteiger partial charge in [-0.15, -0.1) is 0 Å². The summed E-state index contributed by atoms with van der Waals surface area (Å²) in [7, 11) is -3.43. The second-order valence-electron chi connectivity index (χ2n) is 5.07. The highest BCUT2D eigenvalue weighted by Crippen LogP contribution is 2.39. The minimum atomic E-state index is -3.43. The van der Waals surface area contributed by atoms with Gasteiger partial charge >= 0.3 is 0 Å². The Bertz CT molecular complexity index is 784. The van der Waals surface area contributed by atoms with Gasteiger partial charge in [-0.3, -0.25) is 0 Å². The first kappa shape index (κ1) is 14.0. The summed E-state index contributed by atoms with van der Waals surface area (Å²) in [5, 5.41) is 2.21. The Morgan fingerprint density at radius 1 is 1.30 bits per heavy atom. The highest BCUT2D eigenvalue weighted by molar-refractivity contribution is 9.10. The highest BCUT2D eigenvalue weighted by atomic mass is 79.9. The van der Waals surface area contributed by atoms with Gasteiger partial charge < -0.3 is 0 Å². The first-order valence-electron chi connectivity index (χ1n) is 6.77. The van der Waals surface area contributed by atoms with E-state index in [0.717, 1.165) is 40.1 Å². The molecule has 3 rings (SSSR count). The van der Waals surface area contributed by atoms with Crippen LogP contribution in [0.2, 0.25) is 0 Å². The number of rotatable bonds is 4. The zero-order chi connectivity index (χ0) is 14.3. The van der Waals surface area contributed by atoms with E-state index >= 15 is 0 Å². The minimum absolute atomic E-state index is 0.426. The number of halogens is 1. The van der Waals surface area contributed by atoms with E-state index in [2.05, 4.69) is 26.7 Å². The van der Waals surface area contributed by atoms with Crippen LogP contribution in [0, 0.1) is 0 Å². The Hall–Kier alpha value is -0.910. The van der Waals surface area contributed by atoms with Crippen LogP contribution in [0.15, 0.2) is 33.6 Å². The van der Waals surface area contributed by atoms with Crippen molar-refractivity contribution in [1.82, 2.24) is 4.72 Å². The van der Waals surface area contributed by atoms with Crippen molar-refractivity contribution in [2.24, 2.45) is 0 Å². The van der Waals surface area contributed by atoms with E-state index in [9.17, 15) is 8.42 Å². The van der Waals surface area contributed by atoms with Crippen LogP contribution in [0.5, 0.6) is 0 Å². The van der Waals surface area contributed by atoms with Crippen LogP contribution in [-0.4, -0.2) is 15.0 Å². The van der Waals surface area contributed by atoms with Crippen LogP contribution in [0.25, 0.3) is 10.8 Å². The van der Waals surface area contributed by atoms with Crippen LogP contribution in [0.4, 0.5) is 0 Å². The Morgan fingerprint density at radius 3 is 2.85 bits per heavy atom. The van der Waals surface area contributed by atoms with Gasteiger partial charge in [-0.05, 0) is 47.2 Å². The van der Waals surface area contributed by atoms with E-state index in [-0.39, 0.29) is 0 Å². The van der Waals surface area contributed by atoms with Crippen LogP contribution in [0.3, 0.4) is 0 Å². The molecule has 0 radical (unpaired) electrons. The Morgan fingerprint density at radius 2 is 2.10 bits per heavy atom. The number of sulfonamides is 1. The zero-order valence-electron chi connectivity index (χ0n) is 11.2. The number of hydrogen-bond donors (Lipinski definition) is 1. The maximum Gasteiger partial charge on any atom is 0.240 e. The van der Waals surface area contributed by atoms with Gasteiger partial charge in [0.1, 0.15) is 0 Å². The largest absolute Gasteiger partial charge is 0.240 e. The van der Waals surface area contributed by atoms with Crippen LogP contribution >= 0.6 is 15.9 Å². The molecule has 2 aromatic carbocycles. The molecule has 0 aromatic heterocycles. The molecular weight excluding hydrogens is 338 g/mol. The summed E-state index contributed by atoms with van der Waals surface area (Å²) in [6.07, 6.45) is 2.50. The summed E-state index contributed by atoms with van der Waals surface area (Å²) >= 11 is 3.51. The molecule has 1 aliphatic carbocycles. The van der Waals surface area contributed by atoms with Crippen molar-refractivity contribution >= 4 is 36.7 Å². The van der Waals surface area contributed by atoms with Crippen LogP contribution in [0.1, 0.15) is 24.5 Å². The van der Waals surface area contributed by atoms with Crippen molar-refractivity contribution < 1.29 is 8.42 Å². The second kappa shape index (κ2) is 5.13. The zero-order valence-corrected chi connectivity index (χ0v) is 13.6. The average Bonchev–Trinajstić information content (AvgIpc) is 2.85. The molecule has 1 aliphatic rings. The molecule has 0 amide bonds. The first-order valence-corrected chi connectivity index (χ1v) is 9.05. The van der Waals surface area contributed by atoms with Gasteiger partial charge in [-0.1, -0.05) is 41.1 Å². The van der Waals surface area contributed by atoms with Crippen molar-refractivity contribution in [3.8, 4) is 0 Å². The van der Waals surface area contributed by atoms with Gasteiger partial charge in [0.2, 0.25) is 10.0 Å². The lowest BCUT2D eigenvalue weighted by atomic mass is 10.1. The average molecular weight is 354 g/mol. The Kier molecular flexibility index (Phi) is 3.60. The molecule has 5 heteroatoms. The van der Waals surface area contributed by atoms with E-state index in [4.69, 9.17) is 0 Å². The van der Waals surface area contributed by atoms with Crippen molar-refractivity contribution in [1.29, 1.82) is 0 Å². The van der Waals surface area contributed by atoms with Crippen LogP contribution < -0.4 is 4.72 Å². The van der Waals surface area contributed by atoms with E-state index in [1.807, 2.05) is 19.1 Å². The van der Waals surface area contributed by atoms with Gasteiger partial charge in [0.15, 0.2) is 0 Å². The quantitative estimate of drug-likeness (QED) is 0.915. The lowest BCUT2D eigenvalue weighted by molar-refractivity contribution is 0.580.